The van der Waals surface area contributed by atoms with Crippen LogP contribution in [0.1, 0.15) is 28.4 Å². The van der Waals surface area contributed by atoms with E-state index in [2.05, 4.69) is 16.5 Å². The van der Waals surface area contributed by atoms with Gasteiger partial charge in [0.15, 0.2) is 11.6 Å². The molecule has 8 heteroatoms. The number of nitrogens with one attached hydrogen (secondary N) is 1. The molecule has 0 aliphatic heterocycles. The molecule has 4 aromatic rings. The molecule has 0 radical (unpaired) electrons. The molecule has 0 amide bonds. The van der Waals surface area contributed by atoms with Gasteiger partial charge in [0.1, 0.15) is 11.8 Å². The molecule has 1 N–H and O–H groups in total. The topological polar surface area (TPSA) is 88.7 Å². The molecule has 2 aromatic carbocycles. The third-order valence-corrected chi connectivity index (χ3v) is 4.86. The van der Waals surface area contributed by atoms with Crippen LogP contribution in [0, 0.1) is 24.1 Å². The number of fused-ring (bicyclic) bond motifs is 1. The molecule has 0 unspecified atom stereocenters. The number of aromatic nitrogens is 2. The first kappa shape index (κ1) is 20.9. The lowest BCUT2D eigenvalue weighted by Gasteiger charge is -2.12. The minimum absolute atomic E-state index is 0.131. The summed E-state index contributed by atoms with van der Waals surface area (Å²) in [6, 6.07) is 15.2. The third-order valence-electron chi connectivity index (χ3n) is 4.86. The normalized spacial score (nSPS) is 10.6. The molecular formula is C24H19FN4O3. The highest BCUT2D eigenvalue weighted by molar-refractivity contribution is 5.97. The summed E-state index contributed by atoms with van der Waals surface area (Å²) in [7, 11) is 0. The number of aryl methyl sites for hydroxylation is 1. The van der Waals surface area contributed by atoms with Gasteiger partial charge in [-0.25, -0.2) is 13.7 Å². The summed E-state index contributed by atoms with van der Waals surface area (Å²) < 4.78 is 26.0. The Bertz CT molecular complexity index is 1340. The summed E-state index contributed by atoms with van der Waals surface area (Å²) in [5.41, 5.74) is 3.13. The maximum atomic E-state index is 13.8. The molecule has 0 aliphatic carbocycles. The van der Waals surface area contributed by atoms with Crippen molar-refractivity contribution in [3.63, 3.8) is 0 Å². The lowest BCUT2D eigenvalue weighted by molar-refractivity contribution is 0.0525. The van der Waals surface area contributed by atoms with E-state index < -0.39 is 11.8 Å². The number of anilines is 2. The van der Waals surface area contributed by atoms with E-state index in [-0.39, 0.29) is 12.4 Å². The van der Waals surface area contributed by atoms with Crippen LogP contribution < -0.4 is 10.1 Å². The summed E-state index contributed by atoms with van der Waals surface area (Å²) in [5.74, 6) is -0.307. The van der Waals surface area contributed by atoms with E-state index in [1.165, 1.54) is 12.3 Å². The molecule has 0 saturated carbocycles. The number of hydrogen-bond donors (Lipinski definition) is 1. The van der Waals surface area contributed by atoms with Gasteiger partial charge in [-0.1, -0.05) is 12.1 Å². The molecule has 0 aliphatic rings. The maximum Gasteiger partial charge on any atom is 0.340 e. The Morgan fingerprint density at radius 2 is 1.97 bits per heavy atom. The predicted octanol–water partition coefficient (Wildman–Crippen LogP) is 5.37. The lowest BCUT2D eigenvalue weighted by atomic mass is 10.1. The molecular weight excluding hydrogens is 411 g/mol. The van der Waals surface area contributed by atoms with Crippen LogP contribution in [0.3, 0.4) is 0 Å². The highest BCUT2D eigenvalue weighted by atomic mass is 19.1. The Hall–Kier alpha value is -4.38. The van der Waals surface area contributed by atoms with Gasteiger partial charge in [0.2, 0.25) is 0 Å². The molecule has 7 nitrogen and oxygen atoms in total. The number of benzene rings is 2. The van der Waals surface area contributed by atoms with Gasteiger partial charge in [-0.3, -0.25) is 0 Å². The van der Waals surface area contributed by atoms with Gasteiger partial charge in [-0.05, 0) is 55.8 Å². The second kappa shape index (κ2) is 8.78. The van der Waals surface area contributed by atoms with Crippen molar-refractivity contribution in [2.24, 2.45) is 0 Å². The molecule has 2 heterocycles. The number of nitriles is 1. The number of halogens is 1. The lowest BCUT2D eigenvalue weighted by Crippen LogP contribution is -2.04. The first-order chi connectivity index (χ1) is 15.5. The molecule has 32 heavy (non-hydrogen) atoms. The molecule has 160 valence electrons. The maximum absolute atomic E-state index is 13.8. The van der Waals surface area contributed by atoms with Crippen LogP contribution in [0.2, 0.25) is 0 Å². The molecule has 0 saturated heterocycles. The van der Waals surface area contributed by atoms with Crippen molar-refractivity contribution >= 4 is 22.9 Å². The first-order valence-corrected chi connectivity index (χ1v) is 9.89. The number of carbonyl (C=O) groups is 1. The zero-order chi connectivity index (χ0) is 22.7. The van der Waals surface area contributed by atoms with E-state index in [0.29, 0.717) is 39.3 Å². The van der Waals surface area contributed by atoms with Gasteiger partial charge in [-0.2, -0.15) is 10.4 Å². The van der Waals surface area contributed by atoms with Crippen molar-refractivity contribution in [1.29, 1.82) is 5.26 Å². The van der Waals surface area contributed by atoms with E-state index in [0.717, 1.165) is 0 Å². The van der Waals surface area contributed by atoms with E-state index in [9.17, 15) is 14.4 Å². The van der Waals surface area contributed by atoms with Crippen LogP contribution in [0.25, 0.3) is 5.52 Å². The standard InChI is InChI=1S/C24H19FN4O3/c1-3-31-24(30)19-14-29-23(15(19)2)22(16(12-26)13-27-29)28-17-8-10-18(11-9-17)32-21-7-5-4-6-20(21)25/h4-11,13-14,28H,3H2,1-2H3. The highest BCUT2D eigenvalue weighted by Crippen LogP contribution is 2.32. The van der Waals surface area contributed by atoms with Crippen molar-refractivity contribution in [3.05, 3.63) is 83.4 Å². The van der Waals surface area contributed by atoms with Crippen molar-refractivity contribution in [2.45, 2.75) is 13.8 Å². The quantitative estimate of drug-likeness (QED) is 0.414. The third kappa shape index (κ3) is 3.96. The fourth-order valence-electron chi connectivity index (χ4n) is 3.32. The number of para-hydroxylation sites is 1. The monoisotopic (exact) mass is 430 g/mol. The Morgan fingerprint density at radius 3 is 2.66 bits per heavy atom. The predicted molar refractivity (Wildman–Crippen MR) is 117 cm³/mol. The average Bonchev–Trinajstić information content (AvgIpc) is 3.14. The Labute approximate surface area is 183 Å². The number of esters is 1. The van der Waals surface area contributed by atoms with Crippen molar-refractivity contribution in [3.8, 4) is 17.6 Å². The molecule has 0 spiro atoms. The molecule has 0 bridgehead atoms. The Balaban J connectivity index is 1.67. The van der Waals surface area contributed by atoms with Gasteiger partial charge >= 0.3 is 5.97 Å². The van der Waals surface area contributed by atoms with E-state index in [1.807, 2.05) is 0 Å². The van der Waals surface area contributed by atoms with Gasteiger partial charge in [0.05, 0.1) is 35.1 Å². The van der Waals surface area contributed by atoms with E-state index >= 15 is 0 Å². The van der Waals surface area contributed by atoms with Gasteiger partial charge < -0.3 is 14.8 Å². The fourth-order valence-corrected chi connectivity index (χ4v) is 3.32. The van der Waals surface area contributed by atoms with Crippen LogP contribution >= 0.6 is 0 Å². The van der Waals surface area contributed by atoms with Crippen LogP contribution in [0.15, 0.2) is 60.9 Å². The minimum atomic E-state index is -0.450. The summed E-state index contributed by atoms with van der Waals surface area (Å²) in [6.45, 7) is 3.77. The number of rotatable bonds is 6. The summed E-state index contributed by atoms with van der Waals surface area (Å²) in [4.78, 5) is 12.3. The molecule has 0 atom stereocenters. The Morgan fingerprint density at radius 1 is 1.22 bits per heavy atom. The molecule has 4 rings (SSSR count). The van der Waals surface area contributed by atoms with Crippen LogP contribution in [0.4, 0.5) is 15.8 Å². The van der Waals surface area contributed by atoms with Crippen molar-refractivity contribution < 1.29 is 18.7 Å². The van der Waals surface area contributed by atoms with Gasteiger partial charge in [0.25, 0.3) is 0 Å². The van der Waals surface area contributed by atoms with E-state index in [4.69, 9.17) is 9.47 Å². The SMILES string of the molecule is CCOC(=O)c1cn2ncc(C#N)c(Nc3ccc(Oc4ccccc4F)cc3)c2c1C. The summed E-state index contributed by atoms with van der Waals surface area (Å²) in [5, 5.41) is 17.1. The number of ether oxygens (including phenoxy) is 2. The van der Waals surface area contributed by atoms with Gasteiger partial charge in [-0.15, -0.1) is 0 Å². The smallest absolute Gasteiger partial charge is 0.340 e. The summed E-state index contributed by atoms with van der Waals surface area (Å²) >= 11 is 0. The van der Waals surface area contributed by atoms with Crippen LogP contribution in [0.5, 0.6) is 11.5 Å². The van der Waals surface area contributed by atoms with Crippen molar-refractivity contribution in [2.75, 3.05) is 11.9 Å². The largest absolute Gasteiger partial charge is 0.462 e. The second-order valence-corrected chi connectivity index (χ2v) is 6.91. The van der Waals surface area contributed by atoms with E-state index in [1.54, 1.807) is 67.0 Å². The van der Waals surface area contributed by atoms with Crippen molar-refractivity contribution in [1.82, 2.24) is 9.61 Å². The number of nitrogens with zero attached hydrogens (tertiary/aromatic N) is 3. The fraction of sp³-hybridized carbons (Fsp3) is 0.125. The zero-order valence-electron chi connectivity index (χ0n) is 17.4. The Kier molecular flexibility index (Phi) is 5.73. The van der Waals surface area contributed by atoms with Gasteiger partial charge in [0, 0.05) is 11.9 Å². The number of carbonyl (C=O) groups excluding carboxylic acids is 1. The first-order valence-electron chi connectivity index (χ1n) is 9.89. The average molecular weight is 430 g/mol. The zero-order valence-corrected chi connectivity index (χ0v) is 17.4. The molecule has 2 aromatic heterocycles. The number of hydrogen-bond acceptors (Lipinski definition) is 6. The van der Waals surface area contributed by atoms with Crippen LogP contribution in [-0.4, -0.2) is 22.2 Å². The van der Waals surface area contributed by atoms with Crippen LogP contribution in [-0.2, 0) is 4.74 Å². The summed E-state index contributed by atoms with van der Waals surface area (Å²) in [6.07, 6.45) is 3.01. The molecule has 0 fully saturated rings. The highest BCUT2D eigenvalue weighted by Gasteiger charge is 2.20. The second-order valence-electron chi connectivity index (χ2n) is 6.91. The minimum Gasteiger partial charge on any atom is -0.462 e.